The third-order valence-electron chi connectivity index (χ3n) is 4.79. The summed E-state index contributed by atoms with van der Waals surface area (Å²) in [5.41, 5.74) is 0.816. The van der Waals surface area contributed by atoms with Crippen molar-refractivity contribution in [3.8, 4) is 0 Å². The summed E-state index contributed by atoms with van der Waals surface area (Å²) in [6.45, 7) is 0.616. The van der Waals surface area contributed by atoms with Crippen LogP contribution in [0.2, 0.25) is 0 Å². The minimum Gasteiger partial charge on any atom is -0.352 e. The lowest BCUT2D eigenvalue weighted by molar-refractivity contribution is -0.140. The van der Waals surface area contributed by atoms with Gasteiger partial charge < -0.3 is 5.32 Å². The number of fused-ring (bicyclic) bond motifs is 1. The molecule has 132 valence electrons. The molecule has 5 nitrogen and oxygen atoms in total. The van der Waals surface area contributed by atoms with E-state index in [-0.39, 0.29) is 48.3 Å². The van der Waals surface area contributed by atoms with Crippen LogP contribution in [0.5, 0.6) is 0 Å². The van der Waals surface area contributed by atoms with E-state index in [9.17, 15) is 18.8 Å². The Morgan fingerprint density at radius 2 is 1.68 bits per heavy atom. The molecule has 0 bridgehead atoms. The number of allylic oxidation sites excluding steroid dienone is 2. The van der Waals surface area contributed by atoms with Gasteiger partial charge in [-0.05, 0) is 37.0 Å². The normalized spacial score (nSPS) is 22.2. The molecule has 1 saturated heterocycles. The van der Waals surface area contributed by atoms with Crippen LogP contribution in [0.1, 0.15) is 31.2 Å². The van der Waals surface area contributed by atoms with Crippen LogP contribution in [0.4, 0.5) is 4.39 Å². The molecule has 3 rings (SSSR count). The fourth-order valence-corrected chi connectivity index (χ4v) is 3.38. The maximum absolute atomic E-state index is 12.8. The number of nitrogens with one attached hydrogen (secondary N) is 1. The molecule has 0 aromatic heterocycles. The summed E-state index contributed by atoms with van der Waals surface area (Å²) < 4.78 is 12.8. The Balaban J connectivity index is 1.42. The number of halogens is 1. The smallest absolute Gasteiger partial charge is 0.233 e. The predicted molar refractivity (Wildman–Crippen MR) is 89.6 cm³/mol. The van der Waals surface area contributed by atoms with Crippen molar-refractivity contribution in [2.45, 2.75) is 32.2 Å². The Hall–Kier alpha value is -2.50. The number of carbonyl (C=O) groups is 3. The van der Waals surface area contributed by atoms with Crippen LogP contribution in [-0.4, -0.2) is 29.2 Å². The number of hydrogen-bond donors (Lipinski definition) is 1. The van der Waals surface area contributed by atoms with Crippen LogP contribution in [0.15, 0.2) is 36.4 Å². The fourth-order valence-electron chi connectivity index (χ4n) is 3.38. The van der Waals surface area contributed by atoms with Gasteiger partial charge in [0.1, 0.15) is 5.82 Å². The molecule has 1 fully saturated rings. The molecule has 0 spiro atoms. The number of rotatable bonds is 6. The van der Waals surface area contributed by atoms with Gasteiger partial charge in [0.05, 0.1) is 11.8 Å². The summed E-state index contributed by atoms with van der Waals surface area (Å²) in [7, 11) is 0. The van der Waals surface area contributed by atoms with E-state index >= 15 is 0 Å². The molecule has 3 amide bonds. The maximum atomic E-state index is 12.8. The highest BCUT2D eigenvalue weighted by molar-refractivity contribution is 6.05. The molecule has 2 atom stereocenters. The minimum absolute atomic E-state index is 0.105. The first-order valence-electron chi connectivity index (χ1n) is 8.57. The molecule has 1 aromatic rings. The van der Waals surface area contributed by atoms with E-state index in [1.54, 1.807) is 12.1 Å². The van der Waals surface area contributed by atoms with E-state index in [0.717, 1.165) is 5.56 Å². The molecule has 1 aliphatic heterocycles. The predicted octanol–water partition coefficient (Wildman–Crippen LogP) is 2.17. The Kier molecular flexibility index (Phi) is 5.26. The molecular weight excluding hydrogens is 323 g/mol. The second-order valence-corrected chi connectivity index (χ2v) is 6.49. The zero-order valence-electron chi connectivity index (χ0n) is 13.9. The van der Waals surface area contributed by atoms with Crippen LogP contribution in [-0.2, 0) is 20.9 Å². The Labute approximate surface area is 145 Å². The fraction of sp³-hybridized carbons (Fsp3) is 0.421. The summed E-state index contributed by atoms with van der Waals surface area (Å²) in [4.78, 5) is 37.8. The lowest BCUT2D eigenvalue weighted by atomic mass is 9.85. The molecule has 1 N–H and O–H groups in total. The van der Waals surface area contributed by atoms with Gasteiger partial charge in [-0.25, -0.2) is 4.39 Å². The first-order chi connectivity index (χ1) is 12.1. The summed E-state index contributed by atoms with van der Waals surface area (Å²) >= 11 is 0. The molecule has 6 heteroatoms. The van der Waals surface area contributed by atoms with Crippen molar-refractivity contribution in [2.75, 3.05) is 6.54 Å². The lowest BCUT2D eigenvalue weighted by Gasteiger charge is -2.14. The molecule has 1 heterocycles. The van der Waals surface area contributed by atoms with Gasteiger partial charge in [0.25, 0.3) is 0 Å². The van der Waals surface area contributed by atoms with Crippen molar-refractivity contribution < 1.29 is 18.8 Å². The summed E-state index contributed by atoms with van der Waals surface area (Å²) in [6.07, 6.45) is 5.86. The number of nitrogens with zero attached hydrogens (tertiary/aromatic N) is 1. The van der Waals surface area contributed by atoms with E-state index in [1.165, 1.54) is 17.0 Å². The Morgan fingerprint density at radius 3 is 2.28 bits per heavy atom. The maximum Gasteiger partial charge on any atom is 0.233 e. The van der Waals surface area contributed by atoms with Crippen molar-refractivity contribution in [3.63, 3.8) is 0 Å². The highest BCUT2D eigenvalue weighted by Gasteiger charge is 2.46. The molecule has 0 radical (unpaired) electrons. The summed E-state index contributed by atoms with van der Waals surface area (Å²) in [6, 6.07) is 5.93. The van der Waals surface area contributed by atoms with Crippen molar-refractivity contribution in [3.05, 3.63) is 47.8 Å². The first-order valence-corrected chi connectivity index (χ1v) is 8.57. The van der Waals surface area contributed by atoms with Crippen LogP contribution in [0.3, 0.4) is 0 Å². The molecule has 0 saturated carbocycles. The molecule has 0 unspecified atom stereocenters. The average Bonchev–Trinajstić information content (AvgIpc) is 2.86. The van der Waals surface area contributed by atoms with Gasteiger partial charge in [-0.1, -0.05) is 24.3 Å². The highest BCUT2D eigenvalue weighted by atomic mass is 19.1. The standard InChI is InChI=1S/C19H21FN2O3/c20-14-9-7-13(8-10-14)12-21-17(23)6-3-11-22-18(24)15-4-1-2-5-16(15)19(22)25/h1-2,7-10,15-16H,3-6,11-12H2,(H,21,23)/t15-,16+. The van der Waals surface area contributed by atoms with E-state index in [2.05, 4.69) is 5.32 Å². The van der Waals surface area contributed by atoms with Gasteiger partial charge in [-0.15, -0.1) is 0 Å². The molecule has 25 heavy (non-hydrogen) atoms. The second-order valence-electron chi connectivity index (χ2n) is 6.49. The third-order valence-corrected chi connectivity index (χ3v) is 4.79. The van der Waals surface area contributed by atoms with Gasteiger partial charge >= 0.3 is 0 Å². The van der Waals surface area contributed by atoms with E-state index in [0.29, 0.717) is 25.8 Å². The number of amides is 3. The Bertz CT molecular complexity index is 673. The summed E-state index contributed by atoms with van der Waals surface area (Å²) in [5.74, 6) is -1.11. The summed E-state index contributed by atoms with van der Waals surface area (Å²) in [5, 5.41) is 2.76. The lowest BCUT2D eigenvalue weighted by Crippen LogP contribution is -2.33. The van der Waals surface area contributed by atoms with Crippen molar-refractivity contribution in [2.24, 2.45) is 11.8 Å². The quantitative estimate of drug-likeness (QED) is 0.635. The average molecular weight is 344 g/mol. The van der Waals surface area contributed by atoms with E-state index in [1.807, 2.05) is 12.2 Å². The molecule has 2 aliphatic rings. The zero-order valence-corrected chi connectivity index (χ0v) is 13.9. The topological polar surface area (TPSA) is 66.5 Å². The largest absolute Gasteiger partial charge is 0.352 e. The SMILES string of the molecule is O=C(CCCN1C(=O)[C@H]2CC=CC[C@H]2C1=O)NCc1ccc(F)cc1. The van der Waals surface area contributed by atoms with Crippen molar-refractivity contribution in [1.82, 2.24) is 10.2 Å². The molecular formula is C19H21FN2O3. The van der Waals surface area contributed by atoms with Crippen molar-refractivity contribution in [1.29, 1.82) is 0 Å². The zero-order chi connectivity index (χ0) is 17.8. The van der Waals surface area contributed by atoms with E-state index in [4.69, 9.17) is 0 Å². The third kappa shape index (κ3) is 3.95. The van der Waals surface area contributed by atoms with Crippen molar-refractivity contribution >= 4 is 17.7 Å². The number of imide groups is 1. The minimum atomic E-state index is -0.314. The van der Waals surface area contributed by atoms with Gasteiger partial charge in [-0.3, -0.25) is 19.3 Å². The monoisotopic (exact) mass is 344 g/mol. The van der Waals surface area contributed by atoms with E-state index < -0.39 is 0 Å². The van der Waals surface area contributed by atoms with Gasteiger partial charge in [0.15, 0.2) is 0 Å². The Morgan fingerprint density at radius 1 is 1.08 bits per heavy atom. The second kappa shape index (κ2) is 7.59. The molecule has 1 aromatic carbocycles. The van der Waals surface area contributed by atoms with Crippen LogP contribution >= 0.6 is 0 Å². The highest BCUT2D eigenvalue weighted by Crippen LogP contribution is 2.35. The van der Waals surface area contributed by atoms with Gasteiger partial charge in [0, 0.05) is 19.5 Å². The van der Waals surface area contributed by atoms with Gasteiger partial charge in [-0.2, -0.15) is 0 Å². The number of benzene rings is 1. The number of carbonyl (C=O) groups excluding carboxylic acids is 3. The van der Waals surface area contributed by atoms with Gasteiger partial charge in [0.2, 0.25) is 17.7 Å². The number of hydrogen-bond acceptors (Lipinski definition) is 3. The first kappa shape index (κ1) is 17.3. The number of likely N-dealkylation sites (tertiary alicyclic amines) is 1. The van der Waals surface area contributed by atoms with Crippen LogP contribution < -0.4 is 5.32 Å². The molecule has 1 aliphatic carbocycles. The van der Waals surface area contributed by atoms with Crippen LogP contribution in [0, 0.1) is 17.7 Å². The van der Waals surface area contributed by atoms with Crippen LogP contribution in [0.25, 0.3) is 0 Å².